The van der Waals surface area contributed by atoms with Gasteiger partial charge in [0.15, 0.2) is 4.67 Å². The van der Waals surface area contributed by atoms with Crippen LogP contribution in [0.4, 0.5) is 0 Å². The molecule has 0 aliphatic carbocycles. The number of furan rings is 1. The van der Waals surface area contributed by atoms with Crippen LogP contribution >= 0.6 is 31.9 Å². The van der Waals surface area contributed by atoms with Gasteiger partial charge in [0.25, 0.3) is 5.91 Å². The summed E-state index contributed by atoms with van der Waals surface area (Å²) in [5, 5.41) is 3.79. The maximum absolute atomic E-state index is 11.6. The summed E-state index contributed by atoms with van der Waals surface area (Å²) in [6.07, 6.45) is 4.49. The number of pyridine rings is 1. The second-order valence-electron chi connectivity index (χ2n) is 3.21. The molecule has 0 spiro atoms. The lowest BCUT2D eigenvalue weighted by Gasteiger charge is -1.97. The van der Waals surface area contributed by atoms with Gasteiger partial charge in [0.2, 0.25) is 0 Å². The molecule has 0 radical (unpaired) electrons. The Bertz CT molecular complexity index is 562. The molecule has 92 valence electrons. The minimum absolute atomic E-state index is 0.307. The molecule has 0 saturated carbocycles. The normalized spacial score (nSPS) is 10.8. The van der Waals surface area contributed by atoms with E-state index in [2.05, 4.69) is 47.4 Å². The van der Waals surface area contributed by atoms with Gasteiger partial charge in [0.05, 0.1) is 10.7 Å². The summed E-state index contributed by atoms with van der Waals surface area (Å²) in [7, 11) is 0. The van der Waals surface area contributed by atoms with E-state index in [9.17, 15) is 4.79 Å². The fourth-order valence-electron chi connectivity index (χ4n) is 1.15. The molecule has 18 heavy (non-hydrogen) atoms. The van der Waals surface area contributed by atoms with Gasteiger partial charge in [-0.05, 0) is 44.0 Å². The topological polar surface area (TPSA) is 67.5 Å². The monoisotopic (exact) mass is 371 g/mol. The third kappa shape index (κ3) is 3.27. The fourth-order valence-corrected chi connectivity index (χ4v) is 1.76. The highest BCUT2D eigenvalue weighted by Crippen LogP contribution is 2.25. The molecular weight excluding hydrogens is 366 g/mol. The van der Waals surface area contributed by atoms with Gasteiger partial charge in [-0.3, -0.25) is 9.78 Å². The number of carbonyl (C=O) groups excluding carboxylic acids is 1. The van der Waals surface area contributed by atoms with E-state index in [4.69, 9.17) is 4.42 Å². The van der Waals surface area contributed by atoms with E-state index in [-0.39, 0.29) is 5.91 Å². The van der Waals surface area contributed by atoms with E-state index in [1.807, 2.05) is 0 Å². The van der Waals surface area contributed by atoms with Crippen molar-refractivity contribution in [3.8, 4) is 0 Å². The highest BCUT2D eigenvalue weighted by atomic mass is 79.9. The zero-order valence-corrected chi connectivity index (χ0v) is 12.1. The van der Waals surface area contributed by atoms with Crippen LogP contribution in [0.5, 0.6) is 0 Å². The molecule has 0 aliphatic heterocycles. The Morgan fingerprint density at radius 3 is 2.72 bits per heavy atom. The zero-order valence-electron chi connectivity index (χ0n) is 8.93. The predicted molar refractivity (Wildman–Crippen MR) is 73.4 cm³/mol. The van der Waals surface area contributed by atoms with Crippen molar-refractivity contribution in [2.45, 2.75) is 0 Å². The second kappa shape index (κ2) is 5.92. The molecule has 1 amide bonds. The van der Waals surface area contributed by atoms with Gasteiger partial charge in [-0.15, -0.1) is 0 Å². The van der Waals surface area contributed by atoms with Crippen molar-refractivity contribution in [3.05, 3.63) is 51.1 Å². The third-order valence-electron chi connectivity index (χ3n) is 1.96. The lowest BCUT2D eigenvalue weighted by Crippen LogP contribution is -2.17. The summed E-state index contributed by atoms with van der Waals surface area (Å²) < 4.78 is 6.62. The van der Waals surface area contributed by atoms with Crippen LogP contribution in [-0.4, -0.2) is 17.1 Å². The van der Waals surface area contributed by atoms with Gasteiger partial charge in [0.1, 0.15) is 5.76 Å². The van der Waals surface area contributed by atoms with Crippen molar-refractivity contribution in [1.29, 1.82) is 0 Å². The minimum Gasteiger partial charge on any atom is -0.447 e. The molecule has 2 rings (SSSR count). The number of halogens is 2. The maximum atomic E-state index is 11.6. The highest BCUT2D eigenvalue weighted by molar-refractivity contribution is 9.13. The second-order valence-corrected chi connectivity index (χ2v) is 4.78. The third-order valence-corrected chi connectivity index (χ3v) is 3.67. The predicted octanol–water partition coefficient (Wildman–Crippen LogP) is 2.96. The number of nitrogens with one attached hydrogen (secondary N) is 1. The first-order valence-corrected chi connectivity index (χ1v) is 6.43. The summed E-state index contributed by atoms with van der Waals surface area (Å²) in [6.45, 7) is 0. The number of hydrogen-bond donors (Lipinski definition) is 1. The van der Waals surface area contributed by atoms with Crippen molar-refractivity contribution in [1.82, 2.24) is 10.4 Å². The number of carbonyl (C=O) groups is 1. The number of nitrogens with zero attached hydrogens (tertiary/aromatic N) is 2. The number of hydrogen-bond acceptors (Lipinski definition) is 4. The molecule has 5 nitrogen and oxygen atoms in total. The van der Waals surface area contributed by atoms with Crippen molar-refractivity contribution in [2.75, 3.05) is 0 Å². The van der Waals surface area contributed by atoms with E-state index in [0.29, 0.717) is 16.0 Å². The van der Waals surface area contributed by atoms with E-state index < -0.39 is 0 Å². The van der Waals surface area contributed by atoms with Gasteiger partial charge in [-0.1, -0.05) is 0 Å². The summed E-state index contributed by atoms with van der Waals surface area (Å²) >= 11 is 6.48. The molecule has 0 aromatic carbocycles. The molecule has 2 aromatic rings. The fraction of sp³-hybridized carbons (Fsp3) is 0. The van der Waals surface area contributed by atoms with E-state index in [1.165, 1.54) is 6.21 Å². The first-order valence-electron chi connectivity index (χ1n) is 4.85. The quantitative estimate of drug-likeness (QED) is 0.665. The van der Waals surface area contributed by atoms with Gasteiger partial charge in [0, 0.05) is 24.0 Å². The Balaban J connectivity index is 1.98. The molecule has 7 heteroatoms. The Hall–Kier alpha value is -1.47. The lowest BCUT2D eigenvalue weighted by atomic mass is 10.3. The number of aromatic nitrogens is 1. The lowest BCUT2D eigenvalue weighted by molar-refractivity contribution is 0.0955. The molecule has 0 saturated heterocycles. The molecule has 0 unspecified atom stereocenters. The van der Waals surface area contributed by atoms with Crippen LogP contribution in [0, 0.1) is 0 Å². The Kier molecular flexibility index (Phi) is 4.27. The average Bonchev–Trinajstić information content (AvgIpc) is 2.69. The van der Waals surface area contributed by atoms with E-state index >= 15 is 0 Å². The molecule has 0 fully saturated rings. The van der Waals surface area contributed by atoms with Gasteiger partial charge >= 0.3 is 0 Å². The first-order chi connectivity index (χ1) is 8.66. The largest absolute Gasteiger partial charge is 0.447 e. The number of hydrazone groups is 1. The van der Waals surface area contributed by atoms with Crippen LogP contribution in [0.25, 0.3) is 0 Å². The molecule has 2 aromatic heterocycles. The molecule has 0 atom stereocenters. The van der Waals surface area contributed by atoms with Crippen molar-refractivity contribution in [2.24, 2.45) is 5.10 Å². The number of amides is 1. The van der Waals surface area contributed by atoms with Crippen LogP contribution < -0.4 is 5.43 Å². The van der Waals surface area contributed by atoms with Crippen LogP contribution in [0.2, 0.25) is 0 Å². The standard InChI is InChI=1S/C11H7Br2N3O2/c12-9-5-8(18-10(9)13)6-15-16-11(17)7-1-3-14-4-2-7/h1-6H,(H,16,17). The molecule has 0 bridgehead atoms. The Labute approximate surface area is 120 Å². The van der Waals surface area contributed by atoms with Crippen molar-refractivity contribution >= 4 is 44.0 Å². The van der Waals surface area contributed by atoms with Crippen LogP contribution in [-0.2, 0) is 0 Å². The Morgan fingerprint density at radius 1 is 1.39 bits per heavy atom. The molecule has 1 N–H and O–H groups in total. The smallest absolute Gasteiger partial charge is 0.271 e. The first kappa shape index (κ1) is 13.0. The number of rotatable bonds is 3. The summed E-state index contributed by atoms with van der Waals surface area (Å²) in [5.41, 5.74) is 2.88. The van der Waals surface area contributed by atoms with Gasteiger partial charge in [-0.25, -0.2) is 5.43 Å². The molecule has 2 heterocycles. The highest BCUT2D eigenvalue weighted by Gasteiger charge is 2.04. The minimum atomic E-state index is -0.307. The molecule has 0 aliphatic rings. The summed E-state index contributed by atoms with van der Waals surface area (Å²) in [6, 6.07) is 4.93. The molecular formula is C11H7Br2N3O2. The SMILES string of the molecule is O=C(NN=Cc1cc(Br)c(Br)o1)c1ccncc1. The summed E-state index contributed by atoms with van der Waals surface area (Å²) in [5.74, 6) is 0.210. The van der Waals surface area contributed by atoms with Gasteiger partial charge < -0.3 is 4.42 Å². The summed E-state index contributed by atoms with van der Waals surface area (Å²) in [4.78, 5) is 15.4. The van der Waals surface area contributed by atoms with Crippen molar-refractivity contribution < 1.29 is 9.21 Å². The van der Waals surface area contributed by atoms with Crippen LogP contribution in [0.15, 0.2) is 49.3 Å². The zero-order chi connectivity index (χ0) is 13.0. The average molecular weight is 373 g/mol. The van der Waals surface area contributed by atoms with Crippen molar-refractivity contribution in [3.63, 3.8) is 0 Å². The van der Waals surface area contributed by atoms with Crippen LogP contribution in [0.3, 0.4) is 0 Å². The van der Waals surface area contributed by atoms with E-state index in [0.717, 1.165) is 4.47 Å². The Morgan fingerprint density at radius 2 is 2.11 bits per heavy atom. The van der Waals surface area contributed by atoms with E-state index in [1.54, 1.807) is 30.6 Å². The van der Waals surface area contributed by atoms with Crippen LogP contribution in [0.1, 0.15) is 16.1 Å². The van der Waals surface area contributed by atoms with Gasteiger partial charge in [-0.2, -0.15) is 5.10 Å². The maximum Gasteiger partial charge on any atom is 0.271 e.